The molecule has 2 rings (SSSR count). The molecule has 1 heterocycles. The molecule has 2 amide bonds. The molecule has 1 aromatic heterocycles. The second kappa shape index (κ2) is 9.00. The summed E-state index contributed by atoms with van der Waals surface area (Å²) < 4.78 is 10.3. The van der Waals surface area contributed by atoms with E-state index in [0.29, 0.717) is 6.54 Å². The normalized spacial score (nSPS) is 10.7. The van der Waals surface area contributed by atoms with Crippen LogP contribution in [-0.2, 0) is 16.1 Å². The van der Waals surface area contributed by atoms with E-state index >= 15 is 0 Å². The Morgan fingerprint density at radius 3 is 2.44 bits per heavy atom. The van der Waals surface area contributed by atoms with E-state index in [4.69, 9.17) is 14.9 Å². The number of likely N-dealkylation sites (N-methyl/N-ethyl adjacent to an activating group) is 1. The highest BCUT2D eigenvalue weighted by Crippen LogP contribution is 2.27. The summed E-state index contributed by atoms with van der Waals surface area (Å²) in [7, 11) is 1.79. The molecule has 0 unspecified atom stereocenters. The van der Waals surface area contributed by atoms with Crippen LogP contribution in [0.2, 0.25) is 0 Å². The van der Waals surface area contributed by atoms with E-state index in [9.17, 15) is 14.4 Å². The minimum Gasteiger partial charge on any atom is -0.462 e. The number of esters is 1. The Labute approximate surface area is 157 Å². The highest BCUT2D eigenvalue weighted by atomic mass is 16.5. The molecule has 0 bridgehead atoms. The Morgan fingerprint density at radius 2 is 1.85 bits per heavy atom. The van der Waals surface area contributed by atoms with Gasteiger partial charge >= 0.3 is 5.97 Å². The molecule has 8 heteroatoms. The number of rotatable bonds is 8. The predicted octanol–water partition coefficient (Wildman–Crippen LogP) is 1.93. The van der Waals surface area contributed by atoms with E-state index in [-0.39, 0.29) is 35.9 Å². The van der Waals surface area contributed by atoms with Crippen molar-refractivity contribution in [2.24, 2.45) is 5.73 Å². The van der Waals surface area contributed by atoms with Gasteiger partial charge in [-0.1, -0.05) is 30.3 Å². The predicted molar refractivity (Wildman–Crippen MR) is 99.3 cm³/mol. The highest BCUT2D eigenvalue weighted by Gasteiger charge is 2.29. The zero-order valence-electron chi connectivity index (χ0n) is 15.6. The summed E-state index contributed by atoms with van der Waals surface area (Å²) in [6.07, 6.45) is 0. The lowest BCUT2D eigenvalue weighted by Gasteiger charge is -2.16. The van der Waals surface area contributed by atoms with Crippen LogP contribution in [0, 0.1) is 6.92 Å². The average molecular weight is 373 g/mol. The SMILES string of the molecule is CCOC(=O)c1c(C)oc(NC(=O)CN(C)Cc2ccccc2)c1C(N)=O. The maximum atomic E-state index is 12.3. The number of primary amides is 1. The van der Waals surface area contributed by atoms with Crippen LogP contribution in [0.15, 0.2) is 34.7 Å². The Kier molecular flexibility index (Phi) is 6.73. The number of benzene rings is 1. The van der Waals surface area contributed by atoms with E-state index in [0.717, 1.165) is 5.56 Å². The van der Waals surface area contributed by atoms with Crippen molar-refractivity contribution in [1.82, 2.24) is 4.90 Å². The molecule has 27 heavy (non-hydrogen) atoms. The van der Waals surface area contributed by atoms with Gasteiger partial charge < -0.3 is 14.9 Å². The molecule has 2 aromatic rings. The molecule has 3 N–H and O–H groups in total. The number of amides is 2. The van der Waals surface area contributed by atoms with Gasteiger partial charge in [-0.2, -0.15) is 0 Å². The Morgan fingerprint density at radius 1 is 1.19 bits per heavy atom. The molecule has 0 aliphatic heterocycles. The molecule has 0 aliphatic carbocycles. The topological polar surface area (TPSA) is 115 Å². The van der Waals surface area contributed by atoms with Crippen LogP contribution in [0.3, 0.4) is 0 Å². The first kappa shape index (κ1) is 20.2. The van der Waals surface area contributed by atoms with Gasteiger partial charge in [-0.25, -0.2) is 4.79 Å². The molecule has 0 saturated carbocycles. The van der Waals surface area contributed by atoms with E-state index in [1.165, 1.54) is 6.92 Å². The maximum Gasteiger partial charge on any atom is 0.342 e. The van der Waals surface area contributed by atoms with Gasteiger partial charge in [0.1, 0.15) is 16.9 Å². The van der Waals surface area contributed by atoms with Gasteiger partial charge in [0.25, 0.3) is 5.91 Å². The monoisotopic (exact) mass is 373 g/mol. The van der Waals surface area contributed by atoms with Crippen LogP contribution in [0.4, 0.5) is 5.88 Å². The van der Waals surface area contributed by atoms with Crippen LogP contribution in [0.5, 0.6) is 0 Å². The fraction of sp³-hybridized carbons (Fsp3) is 0.316. The number of hydrogen-bond acceptors (Lipinski definition) is 6. The van der Waals surface area contributed by atoms with Crippen LogP contribution in [0.25, 0.3) is 0 Å². The molecule has 0 aliphatic rings. The van der Waals surface area contributed by atoms with Crippen molar-refractivity contribution in [3.63, 3.8) is 0 Å². The number of nitrogens with zero attached hydrogens (tertiary/aromatic N) is 1. The third-order valence-electron chi connectivity index (χ3n) is 3.77. The number of ether oxygens (including phenoxy) is 1. The third-order valence-corrected chi connectivity index (χ3v) is 3.77. The Bertz CT molecular complexity index is 829. The molecule has 0 saturated heterocycles. The number of carbonyl (C=O) groups is 3. The zero-order valence-corrected chi connectivity index (χ0v) is 15.6. The van der Waals surface area contributed by atoms with E-state index in [2.05, 4.69) is 5.32 Å². The summed E-state index contributed by atoms with van der Waals surface area (Å²) in [5.41, 5.74) is 6.17. The molecule has 144 valence electrons. The van der Waals surface area contributed by atoms with Crippen molar-refractivity contribution < 1.29 is 23.5 Å². The smallest absolute Gasteiger partial charge is 0.342 e. The molecule has 8 nitrogen and oxygen atoms in total. The number of hydrogen-bond donors (Lipinski definition) is 2. The van der Waals surface area contributed by atoms with Crippen LogP contribution >= 0.6 is 0 Å². The summed E-state index contributed by atoms with van der Waals surface area (Å²) in [5, 5.41) is 2.51. The van der Waals surface area contributed by atoms with Gasteiger partial charge in [0, 0.05) is 6.54 Å². The first-order valence-electron chi connectivity index (χ1n) is 8.46. The number of carbonyl (C=O) groups excluding carboxylic acids is 3. The van der Waals surface area contributed by atoms with Crippen molar-refractivity contribution >= 4 is 23.7 Å². The van der Waals surface area contributed by atoms with E-state index < -0.39 is 17.8 Å². The average Bonchev–Trinajstić information content (AvgIpc) is 2.91. The molecule has 0 radical (unpaired) electrons. The molecule has 0 spiro atoms. The van der Waals surface area contributed by atoms with Crippen molar-refractivity contribution in [2.45, 2.75) is 20.4 Å². The fourth-order valence-electron chi connectivity index (χ4n) is 2.68. The Balaban J connectivity index is 2.12. The van der Waals surface area contributed by atoms with Crippen LogP contribution < -0.4 is 11.1 Å². The van der Waals surface area contributed by atoms with Crippen molar-refractivity contribution in [2.75, 3.05) is 25.5 Å². The van der Waals surface area contributed by atoms with Gasteiger partial charge in [-0.3, -0.25) is 19.8 Å². The summed E-state index contributed by atoms with van der Waals surface area (Å²) in [4.78, 5) is 38.0. The number of aryl methyl sites for hydroxylation is 1. The van der Waals surface area contributed by atoms with Crippen molar-refractivity contribution in [3.8, 4) is 0 Å². The minimum absolute atomic E-state index is 0.0571. The van der Waals surface area contributed by atoms with E-state index in [1.807, 2.05) is 30.3 Å². The summed E-state index contributed by atoms with van der Waals surface area (Å²) in [6, 6.07) is 9.68. The quantitative estimate of drug-likeness (QED) is 0.683. The van der Waals surface area contributed by atoms with Gasteiger partial charge in [0.2, 0.25) is 11.8 Å². The van der Waals surface area contributed by atoms with Gasteiger partial charge in [-0.05, 0) is 26.5 Å². The van der Waals surface area contributed by atoms with Crippen molar-refractivity contribution in [1.29, 1.82) is 0 Å². The highest BCUT2D eigenvalue weighted by molar-refractivity contribution is 6.10. The number of nitrogens with two attached hydrogens (primary N) is 1. The number of nitrogens with one attached hydrogen (secondary N) is 1. The molecular weight excluding hydrogens is 350 g/mol. The lowest BCUT2D eigenvalue weighted by molar-refractivity contribution is -0.117. The molecule has 0 fully saturated rings. The van der Waals surface area contributed by atoms with Crippen LogP contribution in [0.1, 0.15) is 39.0 Å². The largest absolute Gasteiger partial charge is 0.462 e. The minimum atomic E-state index is -0.886. The third kappa shape index (κ3) is 5.18. The van der Waals surface area contributed by atoms with Crippen LogP contribution in [-0.4, -0.2) is 42.9 Å². The maximum absolute atomic E-state index is 12.3. The molecular formula is C19H23N3O5. The zero-order chi connectivity index (χ0) is 20.0. The Hall–Kier alpha value is -3.13. The second-order valence-corrected chi connectivity index (χ2v) is 6.03. The first-order chi connectivity index (χ1) is 12.8. The van der Waals surface area contributed by atoms with Crippen molar-refractivity contribution in [3.05, 3.63) is 52.8 Å². The summed E-state index contributed by atoms with van der Waals surface area (Å²) in [5.74, 6) is -2.02. The number of furan rings is 1. The second-order valence-electron chi connectivity index (χ2n) is 6.03. The van der Waals surface area contributed by atoms with Gasteiger partial charge in [0.05, 0.1) is 13.2 Å². The first-order valence-corrected chi connectivity index (χ1v) is 8.46. The number of anilines is 1. The van der Waals surface area contributed by atoms with Gasteiger partial charge in [-0.15, -0.1) is 0 Å². The lowest BCUT2D eigenvalue weighted by Crippen LogP contribution is -2.30. The van der Waals surface area contributed by atoms with Gasteiger partial charge in [0.15, 0.2) is 0 Å². The summed E-state index contributed by atoms with van der Waals surface area (Å²) >= 11 is 0. The standard InChI is InChI=1S/C19H23N3O5/c1-4-26-19(25)15-12(2)27-18(16(15)17(20)24)21-14(23)11-22(3)10-13-8-6-5-7-9-13/h5-9H,4,10-11H2,1-3H3,(H2,20,24)(H,21,23). The fourth-order valence-corrected chi connectivity index (χ4v) is 2.68. The lowest BCUT2D eigenvalue weighted by atomic mass is 10.1. The van der Waals surface area contributed by atoms with E-state index in [1.54, 1.807) is 18.9 Å². The summed E-state index contributed by atoms with van der Waals surface area (Å²) in [6.45, 7) is 3.90. The molecule has 1 aromatic carbocycles. The molecule has 0 atom stereocenters.